The molecule has 1 amide bonds. The summed E-state index contributed by atoms with van der Waals surface area (Å²) in [6, 6.07) is 17.5. The topological polar surface area (TPSA) is 99.3 Å². The summed E-state index contributed by atoms with van der Waals surface area (Å²) in [4.78, 5) is 28.0. The summed E-state index contributed by atoms with van der Waals surface area (Å²) in [6.45, 7) is 3.26. The monoisotopic (exact) mass is 465 g/mol. The fourth-order valence-corrected chi connectivity index (χ4v) is 5.46. The minimum atomic E-state index is -3.49. The SMILES string of the molecule is Cc1cccc(-c2ccc(C(=O)NCc3ccc(S(=O)(=O)N4CCCCC4)cc3)c(=O)[nH]2)c1. The zero-order valence-electron chi connectivity index (χ0n) is 18.5. The number of sulfonamides is 1. The van der Waals surface area contributed by atoms with Crippen LogP contribution < -0.4 is 10.9 Å². The van der Waals surface area contributed by atoms with Crippen molar-refractivity contribution in [3.05, 3.63) is 87.7 Å². The number of H-pyrrole nitrogens is 1. The number of nitrogens with zero attached hydrogens (tertiary/aromatic N) is 1. The fraction of sp³-hybridized carbons (Fsp3) is 0.280. The number of aryl methyl sites for hydroxylation is 1. The third-order valence-electron chi connectivity index (χ3n) is 5.81. The number of pyridine rings is 1. The van der Waals surface area contributed by atoms with Crippen LogP contribution >= 0.6 is 0 Å². The van der Waals surface area contributed by atoms with Crippen molar-refractivity contribution in [2.45, 2.75) is 37.6 Å². The van der Waals surface area contributed by atoms with Gasteiger partial charge in [0.15, 0.2) is 0 Å². The van der Waals surface area contributed by atoms with Crippen molar-refractivity contribution in [2.75, 3.05) is 13.1 Å². The smallest absolute Gasteiger partial charge is 0.261 e. The van der Waals surface area contributed by atoms with Crippen molar-refractivity contribution in [2.24, 2.45) is 0 Å². The van der Waals surface area contributed by atoms with Gasteiger partial charge in [0.05, 0.1) is 4.90 Å². The summed E-state index contributed by atoms with van der Waals surface area (Å²) in [5.41, 5.74) is 2.90. The summed E-state index contributed by atoms with van der Waals surface area (Å²) in [5.74, 6) is -0.489. The van der Waals surface area contributed by atoms with Gasteiger partial charge >= 0.3 is 0 Å². The van der Waals surface area contributed by atoms with Crippen LogP contribution in [0, 0.1) is 6.92 Å². The first kappa shape index (κ1) is 22.9. The number of hydrogen-bond acceptors (Lipinski definition) is 4. The van der Waals surface area contributed by atoms with Crippen molar-refractivity contribution in [3.63, 3.8) is 0 Å². The van der Waals surface area contributed by atoms with Crippen LogP contribution in [0.2, 0.25) is 0 Å². The number of nitrogens with one attached hydrogen (secondary N) is 2. The van der Waals surface area contributed by atoms with E-state index in [9.17, 15) is 18.0 Å². The molecule has 4 rings (SSSR count). The van der Waals surface area contributed by atoms with Gasteiger partial charge in [0, 0.05) is 25.3 Å². The molecule has 8 heteroatoms. The minimum Gasteiger partial charge on any atom is -0.348 e. The van der Waals surface area contributed by atoms with Crippen LogP contribution in [-0.2, 0) is 16.6 Å². The molecule has 172 valence electrons. The Labute approximate surface area is 193 Å². The Morgan fingerprint density at radius 2 is 1.73 bits per heavy atom. The molecule has 1 saturated heterocycles. The van der Waals surface area contributed by atoms with Crippen LogP contribution in [0.1, 0.15) is 40.7 Å². The van der Waals surface area contributed by atoms with Crippen LogP contribution in [0.4, 0.5) is 0 Å². The summed E-state index contributed by atoms with van der Waals surface area (Å²) >= 11 is 0. The molecular weight excluding hydrogens is 438 g/mol. The van der Waals surface area contributed by atoms with E-state index in [-0.39, 0.29) is 17.0 Å². The van der Waals surface area contributed by atoms with E-state index >= 15 is 0 Å². The third-order valence-corrected chi connectivity index (χ3v) is 7.73. The molecule has 0 aliphatic carbocycles. The lowest BCUT2D eigenvalue weighted by Gasteiger charge is -2.25. The Balaban J connectivity index is 1.41. The quantitative estimate of drug-likeness (QED) is 0.582. The first-order chi connectivity index (χ1) is 15.8. The van der Waals surface area contributed by atoms with Gasteiger partial charge in [0.2, 0.25) is 10.0 Å². The van der Waals surface area contributed by atoms with Crippen molar-refractivity contribution in [1.82, 2.24) is 14.6 Å². The molecule has 2 heterocycles. The first-order valence-electron chi connectivity index (χ1n) is 11.0. The number of aromatic amines is 1. The maximum Gasteiger partial charge on any atom is 0.261 e. The van der Waals surface area contributed by atoms with Gasteiger partial charge in [0.1, 0.15) is 5.56 Å². The molecule has 0 atom stereocenters. The van der Waals surface area contributed by atoms with E-state index in [1.807, 2.05) is 31.2 Å². The average Bonchev–Trinajstić information content (AvgIpc) is 2.83. The lowest BCUT2D eigenvalue weighted by atomic mass is 10.1. The van der Waals surface area contributed by atoms with Gasteiger partial charge < -0.3 is 10.3 Å². The molecule has 1 aromatic heterocycles. The van der Waals surface area contributed by atoms with Crippen LogP contribution in [0.3, 0.4) is 0 Å². The van der Waals surface area contributed by atoms with E-state index in [2.05, 4.69) is 10.3 Å². The summed E-state index contributed by atoms with van der Waals surface area (Å²) in [7, 11) is -3.49. The molecule has 0 radical (unpaired) electrons. The summed E-state index contributed by atoms with van der Waals surface area (Å²) in [5, 5.41) is 2.73. The van der Waals surface area contributed by atoms with Crippen molar-refractivity contribution < 1.29 is 13.2 Å². The van der Waals surface area contributed by atoms with E-state index in [1.165, 1.54) is 10.4 Å². The molecule has 0 saturated carbocycles. The number of piperidine rings is 1. The normalized spacial score (nSPS) is 14.7. The lowest BCUT2D eigenvalue weighted by molar-refractivity contribution is 0.0949. The molecule has 1 aliphatic rings. The van der Waals surface area contributed by atoms with E-state index in [4.69, 9.17) is 0 Å². The predicted octanol–water partition coefficient (Wildman–Crippen LogP) is 3.45. The highest BCUT2D eigenvalue weighted by Crippen LogP contribution is 2.21. The maximum atomic E-state index is 12.8. The summed E-state index contributed by atoms with van der Waals surface area (Å²) in [6.07, 6.45) is 2.82. The van der Waals surface area contributed by atoms with Crippen molar-refractivity contribution in [3.8, 4) is 11.3 Å². The second kappa shape index (κ2) is 9.72. The third kappa shape index (κ3) is 5.23. The Kier molecular flexibility index (Phi) is 6.76. The summed E-state index contributed by atoms with van der Waals surface area (Å²) < 4.78 is 27.0. The highest BCUT2D eigenvalue weighted by molar-refractivity contribution is 7.89. The second-order valence-electron chi connectivity index (χ2n) is 8.28. The number of rotatable bonds is 6. The molecule has 0 unspecified atom stereocenters. The molecular formula is C25H27N3O4S. The average molecular weight is 466 g/mol. The highest BCUT2D eigenvalue weighted by atomic mass is 32.2. The molecule has 2 N–H and O–H groups in total. The second-order valence-corrected chi connectivity index (χ2v) is 10.2. The van der Waals surface area contributed by atoms with Gasteiger partial charge in [-0.3, -0.25) is 9.59 Å². The Morgan fingerprint density at radius 1 is 1.00 bits per heavy atom. The predicted molar refractivity (Wildman–Crippen MR) is 127 cm³/mol. The maximum absolute atomic E-state index is 12.8. The van der Waals surface area contributed by atoms with Gasteiger partial charge in [0.25, 0.3) is 11.5 Å². The first-order valence-corrected chi connectivity index (χ1v) is 12.5. The van der Waals surface area contributed by atoms with Crippen LogP contribution in [-0.4, -0.2) is 36.7 Å². The van der Waals surface area contributed by atoms with Crippen molar-refractivity contribution >= 4 is 15.9 Å². The number of amides is 1. The Morgan fingerprint density at radius 3 is 2.39 bits per heavy atom. The molecule has 33 heavy (non-hydrogen) atoms. The lowest BCUT2D eigenvalue weighted by Crippen LogP contribution is -2.35. The fourth-order valence-electron chi connectivity index (χ4n) is 3.94. The highest BCUT2D eigenvalue weighted by Gasteiger charge is 2.25. The van der Waals surface area contributed by atoms with E-state index in [1.54, 1.807) is 30.3 Å². The van der Waals surface area contributed by atoms with Gasteiger partial charge in [-0.1, -0.05) is 42.3 Å². The molecule has 7 nitrogen and oxygen atoms in total. The molecule has 1 aliphatic heterocycles. The number of benzene rings is 2. The largest absolute Gasteiger partial charge is 0.348 e. The van der Waals surface area contributed by atoms with E-state index < -0.39 is 21.5 Å². The van der Waals surface area contributed by atoms with Crippen LogP contribution in [0.15, 0.2) is 70.4 Å². The van der Waals surface area contributed by atoms with Gasteiger partial charge in [-0.2, -0.15) is 4.31 Å². The van der Waals surface area contributed by atoms with Crippen LogP contribution in [0.5, 0.6) is 0 Å². The van der Waals surface area contributed by atoms with E-state index in [0.717, 1.165) is 36.0 Å². The number of hydrogen-bond donors (Lipinski definition) is 2. The number of carbonyl (C=O) groups is 1. The van der Waals surface area contributed by atoms with Gasteiger partial charge in [-0.05, 0) is 61.2 Å². The number of aromatic nitrogens is 1. The number of carbonyl (C=O) groups excluding carboxylic acids is 1. The molecule has 3 aromatic rings. The molecule has 2 aromatic carbocycles. The zero-order valence-corrected chi connectivity index (χ0v) is 19.3. The van der Waals surface area contributed by atoms with Crippen LogP contribution in [0.25, 0.3) is 11.3 Å². The molecule has 0 spiro atoms. The minimum absolute atomic E-state index is 0.0238. The van der Waals surface area contributed by atoms with E-state index in [0.29, 0.717) is 18.8 Å². The Hall–Kier alpha value is -3.23. The Bertz CT molecular complexity index is 1310. The van der Waals surface area contributed by atoms with Gasteiger partial charge in [-0.25, -0.2) is 8.42 Å². The molecule has 1 fully saturated rings. The van der Waals surface area contributed by atoms with Crippen molar-refractivity contribution in [1.29, 1.82) is 0 Å². The van der Waals surface area contributed by atoms with Gasteiger partial charge in [-0.15, -0.1) is 0 Å². The standard InChI is InChI=1S/C25H27N3O4S/c1-18-6-5-7-20(16-18)23-13-12-22(25(30)27-23)24(29)26-17-19-8-10-21(11-9-19)33(31,32)28-14-3-2-4-15-28/h5-13,16H,2-4,14-15,17H2,1H3,(H,26,29)(H,27,30). The zero-order chi connectivity index (χ0) is 23.4. The molecule has 0 bridgehead atoms.